The summed E-state index contributed by atoms with van der Waals surface area (Å²) in [6.45, 7) is 2.14. The fourth-order valence-electron chi connectivity index (χ4n) is 1.89. The standard InChI is InChI=1S/C16H17ClN2OS/c1-11-7-8-12(17)9-14(11)19-16(20)10-18-13-5-3-4-6-15(13)21-2/h3-9,18H,10H2,1-2H3,(H,19,20). The molecule has 5 heteroatoms. The number of para-hydroxylation sites is 1. The predicted molar refractivity (Wildman–Crippen MR) is 91.5 cm³/mol. The van der Waals surface area contributed by atoms with Gasteiger partial charge in [0, 0.05) is 21.3 Å². The van der Waals surface area contributed by atoms with Crippen molar-refractivity contribution in [2.24, 2.45) is 0 Å². The molecule has 3 nitrogen and oxygen atoms in total. The van der Waals surface area contributed by atoms with E-state index in [1.165, 1.54) is 0 Å². The van der Waals surface area contributed by atoms with Gasteiger partial charge in [-0.25, -0.2) is 0 Å². The summed E-state index contributed by atoms with van der Waals surface area (Å²) >= 11 is 7.59. The molecular weight excluding hydrogens is 304 g/mol. The first-order valence-electron chi connectivity index (χ1n) is 6.53. The third-order valence-corrected chi connectivity index (χ3v) is 4.05. The summed E-state index contributed by atoms with van der Waals surface area (Å²) in [5.74, 6) is -0.101. The lowest BCUT2D eigenvalue weighted by Crippen LogP contribution is -2.22. The number of carbonyl (C=O) groups excluding carboxylic acids is 1. The number of hydrogen-bond donors (Lipinski definition) is 2. The first kappa shape index (κ1) is 15.7. The molecule has 0 aliphatic heterocycles. The highest BCUT2D eigenvalue weighted by Crippen LogP contribution is 2.24. The van der Waals surface area contributed by atoms with Crippen LogP contribution in [0.2, 0.25) is 5.02 Å². The molecule has 1 amide bonds. The van der Waals surface area contributed by atoms with E-state index >= 15 is 0 Å². The lowest BCUT2D eigenvalue weighted by Gasteiger charge is -2.12. The Hall–Kier alpha value is -1.65. The van der Waals surface area contributed by atoms with Gasteiger partial charge in [-0.2, -0.15) is 0 Å². The van der Waals surface area contributed by atoms with Gasteiger partial charge in [0.05, 0.1) is 6.54 Å². The van der Waals surface area contributed by atoms with Gasteiger partial charge in [0.15, 0.2) is 0 Å². The summed E-state index contributed by atoms with van der Waals surface area (Å²) in [6.07, 6.45) is 2.01. The van der Waals surface area contributed by atoms with Crippen LogP contribution >= 0.6 is 23.4 Å². The number of carbonyl (C=O) groups is 1. The molecule has 0 aromatic heterocycles. The third-order valence-electron chi connectivity index (χ3n) is 3.02. The van der Waals surface area contributed by atoms with E-state index in [2.05, 4.69) is 10.6 Å². The number of aryl methyl sites for hydroxylation is 1. The summed E-state index contributed by atoms with van der Waals surface area (Å²) < 4.78 is 0. The number of anilines is 2. The zero-order chi connectivity index (χ0) is 15.2. The summed E-state index contributed by atoms with van der Waals surface area (Å²) in [5, 5.41) is 6.63. The van der Waals surface area contributed by atoms with Gasteiger partial charge in [-0.3, -0.25) is 4.79 Å². The third kappa shape index (κ3) is 4.41. The van der Waals surface area contributed by atoms with Crippen molar-refractivity contribution < 1.29 is 4.79 Å². The fourth-order valence-corrected chi connectivity index (χ4v) is 2.64. The van der Waals surface area contributed by atoms with Crippen LogP contribution < -0.4 is 10.6 Å². The average molecular weight is 321 g/mol. The van der Waals surface area contributed by atoms with E-state index in [0.717, 1.165) is 21.8 Å². The van der Waals surface area contributed by atoms with E-state index in [1.807, 2.05) is 43.5 Å². The molecule has 0 atom stereocenters. The lowest BCUT2D eigenvalue weighted by molar-refractivity contribution is -0.114. The van der Waals surface area contributed by atoms with Crippen molar-refractivity contribution in [3.8, 4) is 0 Å². The zero-order valence-corrected chi connectivity index (χ0v) is 13.5. The lowest BCUT2D eigenvalue weighted by atomic mass is 10.2. The van der Waals surface area contributed by atoms with E-state index in [-0.39, 0.29) is 12.5 Å². The van der Waals surface area contributed by atoms with Crippen LogP contribution in [0.4, 0.5) is 11.4 Å². The Morgan fingerprint density at radius 3 is 2.71 bits per heavy atom. The van der Waals surface area contributed by atoms with Gasteiger partial charge < -0.3 is 10.6 Å². The summed E-state index contributed by atoms with van der Waals surface area (Å²) in [6, 6.07) is 13.3. The van der Waals surface area contributed by atoms with Crippen molar-refractivity contribution in [2.45, 2.75) is 11.8 Å². The Bertz CT molecular complexity index is 646. The molecule has 0 bridgehead atoms. The Kier molecular flexibility index (Phi) is 5.53. The number of benzene rings is 2. The number of nitrogens with one attached hydrogen (secondary N) is 2. The molecule has 2 N–H and O–H groups in total. The topological polar surface area (TPSA) is 41.1 Å². The first-order valence-corrected chi connectivity index (χ1v) is 8.13. The van der Waals surface area contributed by atoms with Gasteiger partial charge in [-0.15, -0.1) is 11.8 Å². The van der Waals surface area contributed by atoms with E-state index in [4.69, 9.17) is 11.6 Å². The van der Waals surface area contributed by atoms with Crippen molar-refractivity contribution in [2.75, 3.05) is 23.4 Å². The number of thioether (sulfide) groups is 1. The Morgan fingerprint density at radius 1 is 1.19 bits per heavy atom. The van der Waals surface area contributed by atoms with E-state index in [9.17, 15) is 4.79 Å². The molecule has 2 rings (SSSR count). The van der Waals surface area contributed by atoms with Crippen LogP contribution in [0.5, 0.6) is 0 Å². The van der Waals surface area contributed by atoms with Crippen LogP contribution in [0.15, 0.2) is 47.4 Å². The SMILES string of the molecule is CSc1ccccc1NCC(=O)Nc1cc(Cl)ccc1C. The minimum absolute atomic E-state index is 0.101. The Morgan fingerprint density at radius 2 is 1.95 bits per heavy atom. The summed E-state index contributed by atoms with van der Waals surface area (Å²) in [4.78, 5) is 13.1. The van der Waals surface area contributed by atoms with Crippen LogP contribution in [0.25, 0.3) is 0 Å². The van der Waals surface area contributed by atoms with Gasteiger partial charge in [-0.05, 0) is 43.0 Å². The maximum Gasteiger partial charge on any atom is 0.243 e. The second-order valence-electron chi connectivity index (χ2n) is 4.56. The smallest absolute Gasteiger partial charge is 0.243 e. The number of rotatable bonds is 5. The van der Waals surface area contributed by atoms with E-state index < -0.39 is 0 Å². The highest BCUT2D eigenvalue weighted by molar-refractivity contribution is 7.98. The van der Waals surface area contributed by atoms with Crippen LogP contribution in [0.3, 0.4) is 0 Å². The van der Waals surface area contributed by atoms with Gasteiger partial charge in [-0.1, -0.05) is 29.8 Å². The van der Waals surface area contributed by atoms with Gasteiger partial charge in [0.2, 0.25) is 5.91 Å². The highest BCUT2D eigenvalue weighted by atomic mass is 35.5. The minimum atomic E-state index is -0.101. The normalized spacial score (nSPS) is 10.2. The van der Waals surface area contributed by atoms with Crippen molar-refractivity contribution in [3.05, 3.63) is 53.1 Å². The molecule has 0 unspecified atom stereocenters. The largest absolute Gasteiger partial charge is 0.375 e. The monoisotopic (exact) mass is 320 g/mol. The average Bonchev–Trinajstić information content (AvgIpc) is 2.49. The van der Waals surface area contributed by atoms with E-state index in [0.29, 0.717) is 5.02 Å². The van der Waals surface area contributed by atoms with Crippen LogP contribution in [-0.2, 0) is 4.79 Å². The maximum atomic E-state index is 12.0. The minimum Gasteiger partial charge on any atom is -0.375 e. The molecule has 0 saturated carbocycles. The molecule has 0 radical (unpaired) electrons. The Balaban J connectivity index is 1.97. The first-order chi connectivity index (χ1) is 10.1. The Labute approximate surface area is 134 Å². The molecule has 0 saturated heterocycles. The molecular formula is C16H17ClN2OS. The molecule has 110 valence electrons. The summed E-state index contributed by atoms with van der Waals surface area (Å²) in [5.41, 5.74) is 2.69. The van der Waals surface area contributed by atoms with Gasteiger partial charge >= 0.3 is 0 Å². The number of amides is 1. The molecule has 0 fully saturated rings. The van der Waals surface area contributed by atoms with Crippen LogP contribution in [0, 0.1) is 6.92 Å². The second-order valence-corrected chi connectivity index (χ2v) is 5.85. The number of hydrogen-bond acceptors (Lipinski definition) is 3. The fraction of sp³-hybridized carbons (Fsp3) is 0.188. The molecule has 0 aliphatic carbocycles. The highest BCUT2D eigenvalue weighted by Gasteiger charge is 2.07. The second kappa shape index (κ2) is 7.38. The molecule has 21 heavy (non-hydrogen) atoms. The van der Waals surface area contributed by atoms with Gasteiger partial charge in [0.25, 0.3) is 0 Å². The van der Waals surface area contributed by atoms with Crippen LogP contribution in [-0.4, -0.2) is 18.7 Å². The number of halogens is 1. The molecule has 0 aliphatic rings. The molecule has 0 spiro atoms. The van der Waals surface area contributed by atoms with Gasteiger partial charge in [0.1, 0.15) is 0 Å². The van der Waals surface area contributed by atoms with E-state index in [1.54, 1.807) is 23.9 Å². The summed E-state index contributed by atoms with van der Waals surface area (Å²) in [7, 11) is 0. The van der Waals surface area contributed by atoms with Crippen molar-refractivity contribution in [1.82, 2.24) is 0 Å². The van der Waals surface area contributed by atoms with Crippen molar-refractivity contribution >= 4 is 40.6 Å². The molecule has 0 heterocycles. The van der Waals surface area contributed by atoms with Crippen molar-refractivity contribution in [1.29, 1.82) is 0 Å². The van der Waals surface area contributed by atoms with Crippen LogP contribution in [0.1, 0.15) is 5.56 Å². The predicted octanol–water partition coefficient (Wildman–Crippen LogP) is 4.42. The molecule has 2 aromatic carbocycles. The maximum absolute atomic E-state index is 12.0. The van der Waals surface area contributed by atoms with Crippen molar-refractivity contribution in [3.63, 3.8) is 0 Å². The quantitative estimate of drug-likeness (QED) is 0.801. The zero-order valence-electron chi connectivity index (χ0n) is 11.9. The molecule has 2 aromatic rings.